The van der Waals surface area contributed by atoms with E-state index in [1.807, 2.05) is 0 Å². The Morgan fingerprint density at radius 2 is 2.39 bits per heavy atom. The predicted octanol–water partition coefficient (Wildman–Crippen LogP) is 0.995. The summed E-state index contributed by atoms with van der Waals surface area (Å²) in [6, 6.07) is 5.03. The number of carbonyl (C=O) groups is 2. The summed E-state index contributed by atoms with van der Waals surface area (Å²) in [5.74, 6) is 0.829. The summed E-state index contributed by atoms with van der Waals surface area (Å²) in [5, 5.41) is 2.52. The van der Waals surface area contributed by atoms with Crippen molar-refractivity contribution in [2.24, 2.45) is 0 Å². The van der Waals surface area contributed by atoms with Crippen molar-refractivity contribution in [1.29, 1.82) is 0 Å². The Hall–Kier alpha value is -2.24. The number of hydrogen-bond acceptors (Lipinski definition) is 5. The average Bonchev–Trinajstić information content (AvgIpc) is 2.81. The normalized spacial score (nSPS) is 17.8. The first-order valence-electron chi connectivity index (χ1n) is 5.44. The maximum atomic E-state index is 10.9. The Kier molecular flexibility index (Phi) is 3.66. The molecule has 1 aromatic carbocycles. The Bertz CT molecular complexity index is 460. The predicted molar refractivity (Wildman–Crippen MR) is 62.1 cm³/mol. The monoisotopic (exact) mass is 251 g/mol. The van der Waals surface area contributed by atoms with Gasteiger partial charge in [-0.25, -0.2) is 4.79 Å². The Morgan fingerprint density at radius 3 is 3.00 bits per heavy atom. The Labute approximate surface area is 104 Å². The van der Waals surface area contributed by atoms with Crippen molar-refractivity contribution in [3.63, 3.8) is 0 Å². The number of cyclic esters (lactones) is 1. The fraction of sp³-hybridized carbons (Fsp3) is 0.333. The minimum absolute atomic E-state index is 0.167. The molecule has 6 heteroatoms. The van der Waals surface area contributed by atoms with E-state index in [1.165, 1.54) is 7.11 Å². The highest BCUT2D eigenvalue weighted by molar-refractivity contribution is 5.81. The first kappa shape index (κ1) is 12.2. The second kappa shape index (κ2) is 5.39. The molecule has 1 aromatic rings. The smallest absolute Gasteiger partial charge is 0.407 e. The molecule has 1 aliphatic heterocycles. The quantitative estimate of drug-likeness (QED) is 0.790. The molecule has 96 valence electrons. The second-order valence-electron chi connectivity index (χ2n) is 3.72. The molecular weight excluding hydrogens is 238 g/mol. The van der Waals surface area contributed by atoms with Crippen LogP contribution in [0.1, 0.15) is 10.4 Å². The largest absolute Gasteiger partial charge is 0.493 e. The van der Waals surface area contributed by atoms with Crippen molar-refractivity contribution < 1.29 is 23.8 Å². The lowest BCUT2D eigenvalue weighted by Crippen LogP contribution is -2.22. The van der Waals surface area contributed by atoms with E-state index < -0.39 is 6.09 Å². The molecule has 1 fully saturated rings. The molecule has 0 saturated carbocycles. The molecule has 2 rings (SSSR count). The molecule has 0 bridgehead atoms. The molecule has 0 radical (unpaired) electrons. The summed E-state index contributed by atoms with van der Waals surface area (Å²) < 4.78 is 15.6. The van der Waals surface area contributed by atoms with Crippen LogP contribution in [0.4, 0.5) is 4.79 Å². The fourth-order valence-electron chi connectivity index (χ4n) is 1.64. The number of hydrogen-bond donors (Lipinski definition) is 1. The third-order valence-corrected chi connectivity index (χ3v) is 2.52. The van der Waals surface area contributed by atoms with Crippen LogP contribution in [0.3, 0.4) is 0 Å². The van der Waals surface area contributed by atoms with Crippen LogP contribution in [0.2, 0.25) is 0 Å². The Morgan fingerprint density at radius 1 is 1.56 bits per heavy atom. The SMILES string of the molecule is COc1cccc(C=O)c1OCC1CNC(=O)O1. The summed E-state index contributed by atoms with van der Waals surface area (Å²) in [4.78, 5) is 21.8. The summed E-state index contributed by atoms with van der Waals surface area (Å²) >= 11 is 0. The number of amides is 1. The van der Waals surface area contributed by atoms with Gasteiger partial charge in [0.1, 0.15) is 6.61 Å². The van der Waals surface area contributed by atoms with Crippen molar-refractivity contribution in [3.05, 3.63) is 23.8 Å². The van der Waals surface area contributed by atoms with E-state index in [9.17, 15) is 9.59 Å². The molecule has 1 aliphatic rings. The van der Waals surface area contributed by atoms with Gasteiger partial charge in [-0.3, -0.25) is 4.79 Å². The van der Waals surface area contributed by atoms with Gasteiger partial charge in [-0.2, -0.15) is 0 Å². The van der Waals surface area contributed by atoms with Gasteiger partial charge in [-0.05, 0) is 12.1 Å². The van der Waals surface area contributed by atoms with Gasteiger partial charge in [0.15, 0.2) is 23.9 Å². The summed E-state index contributed by atoms with van der Waals surface area (Å²) in [7, 11) is 1.49. The van der Waals surface area contributed by atoms with Crippen LogP contribution in [0, 0.1) is 0 Å². The van der Waals surface area contributed by atoms with Crippen LogP contribution in [-0.4, -0.2) is 38.7 Å². The van der Waals surface area contributed by atoms with Gasteiger partial charge in [0.05, 0.1) is 19.2 Å². The number of carbonyl (C=O) groups excluding carboxylic acids is 2. The number of aldehydes is 1. The van der Waals surface area contributed by atoms with E-state index in [0.717, 1.165) is 0 Å². The zero-order chi connectivity index (χ0) is 13.0. The molecule has 6 nitrogen and oxygen atoms in total. The average molecular weight is 251 g/mol. The van der Waals surface area contributed by atoms with E-state index in [4.69, 9.17) is 14.2 Å². The number of nitrogens with one attached hydrogen (secondary N) is 1. The van der Waals surface area contributed by atoms with Gasteiger partial charge in [-0.15, -0.1) is 0 Å². The van der Waals surface area contributed by atoms with E-state index in [1.54, 1.807) is 18.2 Å². The Balaban J connectivity index is 2.07. The molecule has 1 N–H and O–H groups in total. The van der Waals surface area contributed by atoms with Crippen LogP contribution in [0.15, 0.2) is 18.2 Å². The van der Waals surface area contributed by atoms with Gasteiger partial charge in [-0.1, -0.05) is 6.07 Å². The third kappa shape index (κ3) is 2.53. The lowest BCUT2D eigenvalue weighted by Gasteiger charge is -2.14. The van der Waals surface area contributed by atoms with Gasteiger partial charge in [0, 0.05) is 0 Å². The maximum Gasteiger partial charge on any atom is 0.407 e. The molecule has 0 aromatic heterocycles. The van der Waals surface area contributed by atoms with E-state index in [2.05, 4.69) is 5.32 Å². The molecule has 1 saturated heterocycles. The lowest BCUT2D eigenvalue weighted by molar-refractivity contribution is 0.101. The highest BCUT2D eigenvalue weighted by Crippen LogP contribution is 2.30. The minimum Gasteiger partial charge on any atom is -0.493 e. The standard InChI is InChI=1S/C12H13NO5/c1-16-10-4-2-3-8(6-14)11(10)17-7-9-5-13-12(15)18-9/h2-4,6,9H,5,7H2,1H3,(H,13,15). The molecule has 0 spiro atoms. The summed E-state index contributed by atoms with van der Waals surface area (Å²) in [5.41, 5.74) is 0.395. The van der Waals surface area contributed by atoms with Crippen molar-refractivity contribution >= 4 is 12.4 Å². The van der Waals surface area contributed by atoms with Gasteiger partial charge >= 0.3 is 6.09 Å². The fourth-order valence-corrected chi connectivity index (χ4v) is 1.64. The molecule has 1 atom stereocenters. The van der Waals surface area contributed by atoms with E-state index in [-0.39, 0.29) is 12.7 Å². The van der Waals surface area contributed by atoms with Crippen LogP contribution in [-0.2, 0) is 4.74 Å². The van der Waals surface area contributed by atoms with Gasteiger partial charge in [0.2, 0.25) is 0 Å². The molecular formula is C12H13NO5. The molecule has 1 heterocycles. The van der Waals surface area contributed by atoms with E-state index in [0.29, 0.717) is 29.9 Å². The second-order valence-corrected chi connectivity index (χ2v) is 3.72. The van der Waals surface area contributed by atoms with Crippen molar-refractivity contribution in [2.45, 2.75) is 6.10 Å². The minimum atomic E-state index is -0.459. The van der Waals surface area contributed by atoms with E-state index >= 15 is 0 Å². The zero-order valence-corrected chi connectivity index (χ0v) is 9.84. The third-order valence-electron chi connectivity index (χ3n) is 2.52. The molecule has 1 amide bonds. The van der Waals surface area contributed by atoms with Crippen LogP contribution < -0.4 is 14.8 Å². The zero-order valence-electron chi connectivity index (χ0n) is 9.84. The first-order chi connectivity index (χ1) is 8.74. The van der Waals surface area contributed by atoms with Crippen molar-refractivity contribution in [3.8, 4) is 11.5 Å². The molecule has 0 aliphatic carbocycles. The lowest BCUT2D eigenvalue weighted by atomic mass is 10.2. The van der Waals surface area contributed by atoms with Gasteiger partial charge in [0.25, 0.3) is 0 Å². The number of methoxy groups -OCH3 is 1. The topological polar surface area (TPSA) is 73.9 Å². The number of para-hydroxylation sites is 1. The maximum absolute atomic E-state index is 10.9. The summed E-state index contributed by atoms with van der Waals surface area (Å²) in [6.07, 6.45) is -0.127. The van der Waals surface area contributed by atoms with Crippen LogP contribution in [0.5, 0.6) is 11.5 Å². The molecule has 1 unspecified atom stereocenters. The molecule has 18 heavy (non-hydrogen) atoms. The van der Waals surface area contributed by atoms with Crippen LogP contribution >= 0.6 is 0 Å². The highest BCUT2D eigenvalue weighted by Gasteiger charge is 2.24. The van der Waals surface area contributed by atoms with Crippen molar-refractivity contribution in [1.82, 2.24) is 5.32 Å². The number of alkyl carbamates (subject to hydrolysis) is 1. The van der Waals surface area contributed by atoms with Crippen molar-refractivity contribution in [2.75, 3.05) is 20.3 Å². The summed E-state index contributed by atoms with van der Waals surface area (Å²) in [6.45, 7) is 0.560. The van der Waals surface area contributed by atoms with Crippen LogP contribution in [0.25, 0.3) is 0 Å². The number of benzene rings is 1. The number of rotatable bonds is 5. The van der Waals surface area contributed by atoms with Gasteiger partial charge < -0.3 is 19.5 Å². The highest BCUT2D eigenvalue weighted by atomic mass is 16.6. The number of ether oxygens (including phenoxy) is 3. The first-order valence-corrected chi connectivity index (χ1v) is 5.44.